The molecule has 4 heterocycles. The van der Waals surface area contributed by atoms with Crippen LogP contribution in [0.1, 0.15) is 18.4 Å². The molecule has 0 spiro atoms. The van der Waals surface area contributed by atoms with E-state index in [9.17, 15) is 4.79 Å². The van der Waals surface area contributed by atoms with E-state index in [1.807, 2.05) is 23.6 Å². The van der Waals surface area contributed by atoms with E-state index in [4.69, 9.17) is 4.74 Å². The van der Waals surface area contributed by atoms with E-state index in [2.05, 4.69) is 29.3 Å². The van der Waals surface area contributed by atoms with Crippen molar-refractivity contribution in [1.82, 2.24) is 4.90 Å². The maximum Gasteiger partial charge on any atom is 0.411 e. The molecule has 24 heavy (non-hydrogen) atoms. The van der Waals surface area contributed by atoms with Gasteiger partial charge in [-0.3, -0.25) is 10.2 Å². The lowest BCUT2D eigenvalue weighted by Gasteiger charge is -2.43. The minimum atomic E-state index is -0.331. The zero-order chi connectivity index (χ0) is 16.5. The summed E-state index contributed by atoms with van der Waals surface area (Å²) in [6, 6.07) is 10.2. The number of piperidine rings is 3. The van der Waals surface area contributed by atoms with Crippen LogP contribution in [0.2, 0.25) is 0 Å². The normalized spacial score (nSPS) is 25.5. The number of amides is 1. The third-order valence-electron chi connectivity index (χ3n) is 5.15. The van der Waals surface area contributed by atoms with E-state index in [1.165, 1.54) is 5.56 Å². The van der Waals surface area contributed by atoms with Crippen LogP contribution in [0.4, 0.5) is 10.5 Å². The van der Waals surface area contributed by atoms with Crippen LogP contribution in [0.3, 0.4) is 0 Å². The maximum atomic E-state index is 12.4. The summed E-state index contributed by atoms with van der Waals surface area (Å²) in [5.41, 5.74) is 3.19. The molecule has 1 amide bonds. The van der Waals surface area contributed by atoms with Crippen molar-refractivity contribution >= 4 is 23.1 Å². The first-order chi connectivity index (χ1) is 11.7. The lowest BCUT2D eigenvalue weighted by atomic mass is 9.86. The van der Waals surface area contributed by atoms with Gasteiger partial charge < -0.3 is 4.74 Å². The van der Waals surface area contributed by atoms with Crippen molar-refractivity contribution in [3.8, 4) is 10.4 Å². The highest BCUT2D eigenvalue weighted by molar-refractivity contribution is 7.14. The fraction of sp³-hybridized carbons (Fsp3) is 0.421. The minimum Gasteiger partial charge on any atom is -0.444 e. The molecule has 5 rings (SSSR count). The molecule has 3 aliphatic rings. The summed E-state index contributed by atoms with van der Waals surface area (Å²) in [4.78, 5) is 15.8. The van der Waals surface area contributed by atoms with Gasteiger partial charge in [0.2, 0.25) is 0 Å². The molecule has 0 radical (unpaired) electrons. The molecule has 0 saturated carbocycles. The first-order valence-electron chi connectivity index (χ1n) is 8.54. The summed E-state index contributed by atoms with van der Waals surface area (Å²) in [6.07, 6.45) is 1.99. The molecule has 3 saturated heterocycles. The standard InChI is InChI=1S/C19H22N2O2S/c1-13-4-2-3-5-15(13)18-16(8-11-24-18)20-19(22)23-17-12-21-9-6-14(17)7-10-21/h2-5,8,11,14,17H,6-7,9-10,12H2,1H3,(H,20,22). The third-order valence-corrected chi connectivity index (χ3v) is 6.09. The van der Waals surface area contributed by atoms with Gasteiger partial charge in [0.1, 0.15) is 6.10 Å². The second-order valence-corrected chi connectivity index (χ2v) is 7.60. The lowest BCUT2D eigenvalue weighted by Crippen LogP contribution is -2.52. The van der Waals surface area contributed by atoms with Crippen LogP contribution < -0.4 is 5.32 Å². The molecule has 3 fully saturated rings. The zero-order valence-electron chi connectivity index (χ0n) is 13.8. The molecule has 1 aromatic heterocycles. The highest BCUT2D eigenvalue weighted by atomic mass is 32.1. The second-order valence-electron chi connectivity index (χ2n) is 6.69. The Morgan fingerprint density at radius 3 is 2.75 bits per heavy atom. The zero-order valence-corrected chi connectivity index (χ0v) is 14.6. The monoisotopic (exact) mass is 342 g/mol. The number of nitrogens with zero attached hydrogens (tertiary/aromatic N) is 1. The fourth-order valence-corrected chi connectivity index (χ4v) is 4.71. The number of hydrogen-bond donors (Lipinski definition) is 1. The van der Waals surface area contributed by atoms with Gasteiger partial charge in [0.25, 0.3) is 0 Å². The van der Waals surface area contributed by atoms with Crippen LogP contribution in [0.5, 0.6) is 0 Å². The first-order valence-corrected chi connectivity index (χ1v) is 9.42. The van der Waals surface area contributed by atoms with E-state index in [-0.39, 0.29) is 12.2 Å². The molecule has 126 valence electrons. The van der Waals surface area contributed by atoms with E-state index >= 15 is 0 Å². The molecule has 2 bridgehead atoms. The Kier molecular flexibility index (Phi) is 4.29. The van der Waals surface area contributed by atoms with Crippen molar-refractivity contribution < 1.29 is 9.53 Å². The van der Waals surface area contributed by atoms with Gasteiger partial charge in [-0.25, -0.2) is 4.79 Å². The number of aryl methyl sites for hydroxylation is 1. The van der Waals surface area contributed by atoms with E-state index in [0.29, 0.717) is 5.92 Å². The van der Waals surface area contributed by atoms with Gasteiger partial charge in [-0.2, -0.15) is 0 Å². The van der Waals surface area contributed by atoms with E-state index in [0.717, 1.165) is 48.6 Å². The number of carbonyl (C=O) groups is 1. The van der Waals surface area contributed by atoms with Gasteiger partial charge >= 0.3 is 6.09 Å². The van der Waals surface area contributed by atoms with Gasteiger partial charge in [0, 0.05) is 6.54 Å². The Hall–Kier alpha value is -1.85. The van der Waals surface area contributed by atoms with Crippen molar-refractivity contribution in [2.24, 2.45) is 5.92 Å². The van der Waals surface area contributed by atoms with Crippen LogP contribution in [0, 0.1) is 12.8 Å². The predicted molar refractivity (Wildman–Crippen MR) is 97.5 cm³/mol. The summed E-state index contributed by atoms with van der Waals surface area (Å²) in [5, 5.41) is 4.96. The number of nitrogens with one attached hydrogen (secondary N) is 1. The summed E-state index contributed by atoms with van der Waals surface area (Å²) >= 11 is 1.64. The summed E-state index contributed by atoms with van der Waals surface area (Å²) in [5.74, 6) is 0.527. The van der Waals surface area contributed by atoms with E-state index in [1.54, 1.807) is 11.3 Å². The average molecular weight is 342 g/mol. The number of hydrogen-bond acceptors (Lipinski definition) is 4. The Morgan fingerprint density at radius 1 is 1.25 bits per heavy atom. The number of rotatable bonds is 3. The third kappa shape index (κ3) is 3.06. The average Bonchev–Trinajstić information content (AvgIpc) is 3.04. The topological polar surface area (TPSA) is 41.6 Å². The summed E-state index contributed by atoms with van der Waals surface area (Å²) in [7, 11) is 0. The lowest BCUT2D eigenvalue weighted by molar-refractivity contribution is -0.0289. The predicted octanol–water partition coefficient (Wildman–Crippen LogP) is 4.37. The van der Waals surface area contributed by atoms with Gasteiger partial charge in [0.05, 0.1) is 10.6 Å². The summed E-state index contributed by atoms with van der Waals surface area (Å²) < 4.78 is 5.73. The smallest absolute Gasteiger partial charge is 0.411 e. The van der Waals surface area contributed by atoms with Crippen LogP contribution in [0.15, 0.2) is 35.7 Å². The molecule has 1 N–H and O–H groups in total. The summed E-state index contributed by atoms with van der Waals surface area (Å²) in [6.45, 7) is 5.26. The molecule has 3 aliphatic heterocycles. The first kappa shape index (κ1) is 15.7. The number of carbonyl (C=O) groups excluding carboxylic acids is 1. The molecule has 1 aromatic carbocycles. The number of benzene rings is 1. The van der Waals surface area contributed by atoms with Crippen molar-refractivity contribution in [1.29, 1.82) is 0 Å². The number of fused-ring (bicyclic) bond motifs is 3. The minimum absolute atomic E-state index is 0.0352. The molecular formula is C19H22N2O2S. The molecule has 5 heteroatoms. The van der Waals surface area contributed by atoms with Crippen molar-refractivity contribution in [3.63, 3.8) is 0 Å². The SMILES string of the molecule is Cc1ccccc1-c1sccc1NC(=O)OC1CN2CCC1CC2. The van der Waals surface area contributed by atoms with E-state index < -0.39 is 0 Å². The number of anilines is 1. The molecule has 2 aromatic rings. The van der Waals surface area contributed by atoms with Gasteiger partial charge in [0.15, 0.2) is 0 Å². The van der Waals surface area contributed by atoms with Crippen molar-refractivity contribution in [2.75, 3.05) is 25.0 Å². The maximum absolute atomic E-state index is 12.4. The number of thiophene rings is 1. The Morgan fingerprint density at radius 2 is 2.04 bits per heavy atom. The fourth-order valence-electron chi connectivity index (χ4n) is 3.77. The Labute approximate surface area is 146 Å². The van der Waals surface area contributed by atoms with Gasteiger partial charge in [-0.05, 0) is 61.3 Å². The molecule has 4 nitrogen and oxygen atoms in total. The van der Waals surface area contributed by atoms with Gasteiger partial charge in [-0.1, -0.05) is 24.3 Å². The second kappa shape index (κ2) is 6.57. The Bertz CT molecular complexity index is 734. The van der Waals surface area contributed by atoms with Crippen LogP contribution in [-0.2, 0) is 4.74 Å². The highest BCUT2D eigenvalue weighted by Gasteiger charge is 2.36. The molecule has 1 unspecified atom stereocenters. The Balaban J connectivity index is 1.45. The van der Waals surface area contributed by atoms with Crippen LogP contribution in [-0.4, -0.2) is 36.7 Å². The molecule has 1 atom stereocenters. The molecular weight excluding hydrogens is 320 g/mol. The highest BCUT2D eigenvalue weighted by Crippen LogP contribution is 2.36. The van der Waals surface area contributed by atoms with Crippen molar-refractivity contribution in [2.45, 2.75) is 25.9 Å². The van der Waals surface area contributed by atoms with Crippen LogP contribution >= 0.6 is 11.3 Å². The number of ether oxygens (including phenoxy) is 1. The quantitative estimate of drug-likeness (QED) is 0.901. The van der Waals surface area contributed by atoms with Gasteiger partial charge in [-0.15, -0.1) is 11.3 Å². The molecule has 0 aliphatic carbocycles. The largest absolute Gasteiger partial charge is 0.444 e. The van der Waals surface area contributed by atoms with Crippen molar-refractivity contribution in [3.05, 3.63) is 41.3 Å². The van der Waals surface area contributed by atoms with Crippen LogP contribution in [0.25, 0.3) is 10.4 Å².